The van der Waals surface area contributed by atoms with Crippen molar-refractivity contribution < 1.29 is 4.74 Å². The van der Waals surface area contributed by atoms with Gasteiger partial charge in [-0.3, -0.25) is 0 Å². The van der Waals surface area contributed by atoms with E-state index in [4.69, 9.17) is 27.9 Å². The minimum Gasteiger partial charge on any atom is -0.487 e. The predicted molar refractivity (Wildman–Crippen MR) is 73.8 cm³/mol. The summed E-state index contributed by atoms with van der Waals surface area (Å²) in [6.45, 7) is 6.10. The molecule has 0 amide bonds. The molecule has 1 aromatic rings. The van der Waals surface area contributed by atoms with Crippen LogP contribution >= 0.6 is 23.2 Å². The molecule has 0 bridgehead atoms. The van der Waals surface area contributed by atoms with Crippen molar-refractivity contribution in [3.63, 3.8) is 0 Å². The average Bonchev–Trinajstić information content (AvgIpc) is 2.34. The molecule has 0 aliphatic rings. The van der Waals surface area contributed by atoms with Crippen LogP contribution in [0, 0.1) is 6.92 Å². The molecule has 0 atom stereocenters. The van der Waals surface area contributed by atoms with Gasteiger partial charge < -0.3 is 10.1 Å². The van der Waals surface area contributed by atoms with E-state index in [2.05, 4.69) is 12.2 Å². The Balaban J connectivity index is 2.80. The van der Waals surface area contributed by atoms with Crippen molar-refractivity contribution in [1.82, 2.24) is 5.32 Å². The van der Waals surface area contributed by atoms with E-state index in [9.17, 15) is 0 Å². The average molecular weight is 274 g/mol. The Bertz CT molecular complexity index is 391. The molecule has 1 N–H and O–H groups in total. The Morgan fingerprint density at radius 3 is 2.88 bits per heavy atom. The van der Waals surface area contributed by atoms with Gasteiger partial charge in [-0.2, -0.15) is 0 Å². The number of rotatable bonds is 6. The molecule has 0 saturated carbocycles. The van der Waals surface area contributed by atoms with E-state index in [-0.39, 0.29) is 0 Å². The van der Waals surface area contributed by atoms with Gasteiger partial charge in [-0.25, -0.2) is 0 Å². The molecule has 0 saturated heterocycles. The fourth-order valence-corrected chi connectivity index (χ4v) is 1.61. The van der Waals surface area contributed by atoms with Crippen molar-refractivity contribution >= 4 is 23.2 Å². The monoisotopic (exact) mass is 273 g/mol. The molecule has 0 aliphatic heterocycles. The van der Waals surface area contributed by atoms with E-state index >= 15 is 0 Å². The van der Waals surface area contributed by atoms with Gasteiger partial charge in [0.15, 0.2) is 0 Å². The first-order valence-corrected chi connectivity index (χ1v) is 6.37. The summed E-state index contributed by atoms with van der Waals surface area (Å²) in [5, 5.41) is 3.77. The standard InChI is InChI=1S/C13H17Cl2NO/c1-3-16-8-11-6-4-5-10(2)13(11)17-9-12(15)7-14/h4-7,16H,3,8-9H2,1-2H3/b12-7-. The molecular weight excluding hydrogens is 257 g/mol. The van der Waals surface area contributed by atoms with Crippen LogP contribution in [0.5, 0.6) is 5.75 Å². The normalized spacial score (nSPS) is 11.6. The molecule has 17 heavy (non-hydrogen) atoms. The fraction of sp³-hybridized carbons (Fsp3) is 0.385. The van der Waals surface area contributed by atoms with Gasteiger partial charge >= 0.3 is 0 Å². The quantitative estimate of drug-likeness (QED) is 0.851. The third-order valence-corrected chi connectivity index (χ3v) is 2.93. The van der Waals surface area contributed by atoms with Crippen molar-refractivity contribution in [1.29, 1.82) is 0 Å². The summed E-state index contributed by atoms with van der Waals surface area (Å²) in [6.07, 6.45) is 0. The van der Waals surface area contributed by atoms with E-state index < -0.39 is 0 Å². The highest BCUT2D eigenvalue weighted by Crippen LogP contribution is 2.24. The molecule has 1 aromatic carbocycles. The summed E-state index contributed by atoms with van der Waals surface area (Å²) in [6, 6.07) is 6.08. The van der Waals surface area contributed by atoms with Gasteiger partial charge in [-0.05, 0) is 19.0 Å². The van der Waals surface area contributed by atoms with Crippen LogP contribution in [0.1, 0.15) is 18.1 Å². The van der Waals surface area contributed by atoms with Crippen LogP contribution in [-0.2, 0) is 6.54 Å². The lowest BCUT2D eigenvalue weighted by Crippen LogP contribution is -2.13. The fourth-order valence-electron chi connectivity index (χ4n) is 1.49. The molecule has 0 fully saturated rings. The first-order valence-electron chi connectivity index (χ1n) is 5.55. The zero-order chi connectivity index (χ0) is 12.7. The maximum Gasteiger partial charge on any atom is 0.127 e. The van der Waals surface area contributed by atoms with Gasteiger partial charge in [0, 0.05) is 17.6 Å². The zero-order valence-electron chi connectivity index (χ0n) is 10.1. The van der Waals surface area contributed by atoms with E-state index in [0.29, 0.717) is 11.6 Å². The Morgan fingerprint density at radius 1 is 1.47 bits per heavy atom. The molecule has 0 spiro atoms. The summed E-state index contributed by atoms with van der Waals surface area (Å²) in [7, 11) is 0. The SMILES string of the molecule is CCNCc1cccc(C)c1OC/C(Cl)=C/Cl. The van der Waals surface area contributed by atoms with Gasteiger partial charge in [0.25, 0.3) is 0 Å². The first kappa shape index (κ1) is 14.4. The van der Waals surface area contributed by atoms with Crippen molar-refractivity contribution in [2.75, 3.05) is 13.2 Å². The topological polar surface area (TPSA) is 21.3 Å². The molecule has 0 unspecified atom stereocenters. The van der Waals surface area contributed by atoms with Crippen LogP contribution in [0.4, 0.5) is 0 Å². The number of hydrogen-bond acceptors (Lipinski definition) is 2. The number of benzene rings is 1. The van der Waals surface area contributed by atoms with Gasteiger partial charge in [-0.1, -0.05) is 48.3 Å². The molecule has 0 radical (unpaired) electrons. The summed E-state index contributed by atoms with van der Waals surface area (Å²) < 4.78 is 5.69. The number of aryl methyl sites for hydroxylation is 1. The van der Waals surface area contributed by atoms with Crippen LogP contribution in [0.3, 0.4) is 0 Å². The second-order valence-electron chi connectivity index (χ2n) is 3.69. The smallest absolute Gasteiger partial charge is 0.127 e. The van der Waals surface area contributed by atoms with Crippen LogP contribution in [0.15, 0.2) is 28.8 Å². The molecule has 0 heterocycles. The summed E-state index contributed by atoms with van der Waals surface area (Å²) in [5.74, 6) is 0.880. The highest BCUT2D eigenvalue weighted by Gasteiger charge is 2.07. The number of para-hydroxylation sites is 1. The van der Waals surface area contributed by atoms with E-state index in [1.165, 1.54) is 5.54 Å². The summed E-state index contributed by atoms with van der Waals surface area (Å²) in [5.41, 5.74) is 3.55. The van der Waals surface area contributed by atoms with E-state index in [0.717, 1.165) is 30.0 Å². The minimum atomic E-state index is 0.301. The van der Waals surface area contributed by atoms with E-state index in [1.807, 2.05) is 25.1 Å². The summed E-state index contributed by atoms with van der Waals surface area (Å²) >= 11 is 11.3. The molecule has 2 nitrogen and oxygen atoms in total. The number of halogens is 2. The molecule has 4 heteroatoms. The van der Waals surface area contributed by atoms with Crippen LogP contribution in [0.25, 0.3) is 0 Å². The van der Waals surface area contributed by atoms with Crippen LogP contribution < -0.4 is 10.1 Å². The number of ether oxygens (including phenoxy) is 1. The van der Waals surface area contributed by atoms with Gasteiger partial charge in [0.1, 0.15) is 12.4 Å². The zero-order valence-corrected chi connectivity index (χ0v) is 11.6. The Labute approximate surface area is 113 Å². The van der Waals surface area contributed by atoms with Crippen molar-refractivity contribution in [2.45, 2.75) is 20.4 Å². The Kier molecular flexibility index (Phi) is 6.41. The lowest BCUT2D eigenvalue weighted by Gasteiger charge is -2.14. The van der Waals surface area contributed by atoms with Crippen molar-refractivity contribution in [2.24, 2.45) is 0 Å². The maximum atomic E-state index is 5.81. The highest BCUT2D eigenvalue weighted by atomic mass is 35.5. The molecule has 94 valence electrons. The lowest BCUT2D eigenvalue weighted by molar-refractivity contribution is 0.351. The van der Waals surface area contributed by atoms with Gasteiger partial charge in [0.05, 0.1) is 5.03 Å². The predicted octanol–water partition coefficient (Wildman–Crippen LogP) is 3.80. The van der Waals surface area contributed by atoms with Gasteiger partial charge in [0.2, 0.25) is 0 Å². The van der Waals surface area contributed by atoms with Crippen molar-refractivity contribution in [3.8, 4) is 5.75 Å². The molecule has 0 aromatic heterocycles. The second kappa shape index (κ2) is 7.59. The summed E-state index contributed by atoms with van der Waals surface area (Å²) in [4.78, 5) is 0. The maximum absolute atomic E-state index is 5.81. The number of hydrogen-bond donors (Lipinski definition) is 1. The Hall–Kier alpha value is -0.700. The van der Waals surface area contributed by atoms with Crippen molar-refractivity contribution in [3.05, 3.63) is 39.9 Å². The lowest BCUT2D eigenvalue weighted by atomic mass is 10.1. The highest BCUT2D eigenvalue weighted by molar-refractivity contribution is 6.36. The molecule has 0 aliphatic carbocycles. The second-order valence-corrected chi connectivity index (χ2v) is 4.39. The third kappa shape index (κ3) is 4.58. The Morgan fingerprint density at radius 2 is 2.24 bits per heavy atom. The van der Waals surface area contributed by atoms with E-state index in [1.54, 1.807) is 0 Å². The molecular formula is C13H17Cl2NO. The molecule has 1 rings (SSSR count). The van der Waals surface area contributed by atoms with Crippen LogP contribution in [0.2, 0.25) is 0 Å². The first-order chi connectivity index (χ1) is 8.19. The number of nitrogens with one attached hydrogen (secondary N) is 1. The third-order valence-electron chi connectivity index (χ3n) is 2.33. The van der Waals surface area contributed by atoms with Crippen LogP contribution in [-0.4, -0.2) is 13.2 Å². The minimum absolute atomic E-state index is 0.301. The largest absolute Gasteiger partial charge is 0.487 e. The van der Waals surface area contributed by atoms with Gasteiger partial charge in [-0.15, -0.1) is 0 Å².